The molecule has 0 radical (unpaired) electrons. The number of hydrogen-bond acceptors (Lipinski definition) is 6. The molecular formula is C16H13Cl2N5O3. The monoisotopic (exact) mass is 393 g/mol. The molecule has 0 aliphatic rings. The molecule has 0 atom stereocenters. The standard InChI is InChI=1S/C16H13Cl2N5O3/c1-19-12-5-13(24)23-7-9(17)4-8(15(23)22-12)6-20-10-2-3-11(18)21-14(10)16(25)26/h2-5,7,19-20H,6H2,1H3,(H,25,26). The largest absolute Gasteiger partial charge is 0.476 e. The highest BCUT2D eigenvalue weighted by molar-refractivity contribution is 6.30. The van der Waals surface area contributed by atoms with Crippen LogP contribution in [0.25, 0.3) is 5.65 Å². The SMILES string of the molecule is CNc1cc(=O)n2cc(Cl)cc(CNc3ccc(Cl)nc3C(=O)O)c2n1. The molecule has 0 aliphatic heterocycles. The summed E-state index contributed by atoms with van der Waals surface area (Å²) in [5.74, 6) is -0.796. The Morgan fingerprint density at radius 3 is 2.73 bits per heavy atom. The van der Waals surface area contributed by atoms with Gasteiger partial charge in [0.05, 0.1) is 10.7 Å². The molecule has 0 saturated heterocycles. The fraction of sp³-hybridized carbons (Fsp3) is 0.125. The first-order valence-electron chi connectivity index (χ1n) is 7.42. The molecule has 3 aromatic heterocycles. The molecule has 8 nitrogen and oxygen atoms in total. The van der Waals surface area contributed by atoms with Gasteiger partial charge in [0.15, 0.2) is 5.69 Å². The molecular weight excluding hydrogens is 381 g/mol. The zero-order valence-electron chi connectivity index (χ0n) is 13.5. The van der Waals surface area contributed by atoms with Crippen LogP contribution in [-0.2, 0) is 6.54 Å². The van der Waals surface area contributed by atoms with Crippen molar-refractivity contribution < 1.29 is 9.90 Å². The predicted molar refractivity (Wildman–Crippen MR) is 99.6 cm³/mol. The molecule has 3 rings (SSSR count). The fourth-order valence-electron chi connectivity index (χ4n) is 2.42. The van der Waals surface area contributed by atoms with E-state index in [2.05, 4.69) is 20.6 Å². The first kappa shape index (κ1) is 18.0. The molecule has 0 fully saturated rings. The fourth-order valence-corrected chi connectivity index (χ4v) is 2.80. The van der Waals surface area contributed by atoms with Gasteiger partial charge in [-0.25, -0.2) is 14.8 Å². The predicted octanol–water partition coefficient (Wildman–Crippen LogP) is 2.75. The molecule has 10 heteroatoms. The molecule has 0 aliphatic carbocycles. The molecule has 0 unspecified atom stereocenters. The van der Waals surface area contributed by atoms with Gasteiger partial charge < -0.3 is 15.7 Å². The van der Waals surface area contributed by atoms with Crippen molar-refractivity contribution in [2.75, 3.05) is 17.7 Å². The van der Waals surface area contributed by atoms with Gasteiger partial charge in [0.1, 0.15) is 16.6 Å². The van der Waals surface area contributed by atoms with E-state index in [1.807, 2.05) is 0 Å². The third-order valence-corrected chi connectivity index (χ3v) is 4.01. The van der Waals surface area contributed by atoms with Crippen molar-refractivity contribution in [3.8, 4) is 0 Å². The highest BCUT2D eigenvalue weighted by Gasteiger charge is 2.14. The van der Waals surface area contributed by atoms with Gasteiger partial charge in [-0.3, -0.25) is 9.20 Å². The lowest BCUT2D eigenvalue weighted by molar-refractivity contribution is 0.0691. The average Bonchev–Trinajstić information content (AvgIpc) is 2.60. The smallest absolute Gasteiger partial charge is 0.356 e. The maximum Gasteiger partial charge on any atom is 0.356 e. The highest BCUT2D eigenvalue weighted by atomic mass is 35.5. The number of anilines is 2. The second-order valence-electron chi connectivity index (χ2n) is 5.30. The maximum absolute atomic E-state index is 12.2. The minimum Gasteiger partial charge on any atom is -0.476 e. The zero-order chi connectivity index (χ0) is 18.8. The topological polar surface area (TPSA) is 109 Å². The molecule has 0 aromatic carbocycles. The van der Waals surface area contributed by atoms with Crippen LogP contribution in [-0.4, -0.2) is 32.5 Å². The molecule has 26 heavy (non-hydrogen) atoms. The van der Waals surface area contributed by atoms with Crippen molar-refractivity contribution in [3.05, 3.63) is 62.2 Å². The lowest BCUT2D eigenvalue weighted by atomic mass is 10.2. The van der Waals surface area contributed by atoms with Gasteiger partial charge in [0.25, 0.3) is 5.56 Å². The number of nitrogens with one attached hydrogen (secondary N) is 2. The lowest BCUT2D eigenvalue weighted by Crippen LogP contribution is -2.17. The van der Waals surface area contributed by atoms with E-state index in [-0.39, 0.29) is 28.6 Å². The second kappa shape index (κ2) is 7.19. The van der Waals surface area contributed by atoms with Crippen molar-refractivity contribution in [2.45, 2.75) is 6.54 Å². The van der Waals surface area contributed by atoms with Crippen LogP contribution >= 0.6 is 23.2 Å². The zero-order valence-corrected chi connectivity index (χ0v) is 15.0. The van der Waals surface area contributed by atoms with Gasteiger partial charge >= 0.3 is 5.97 Å². The van der Waals surface area contributed by atoms with Crippen LogP contribution in [0, 0.1) is 0 Å². The first-order valence-corrected chi connectivity index (χ1v) is 8.18. The Morgan fingerprint density at radius 1 is 1.27 bits per heavy atom. The van der Waals surface area contributed by atoms with Crippen LogP contribution in [0.5, 0.6) is 0 Å². The number of halogens is 2. The lowest BCUT2D eigenvalue weighted by Gasteiger charge is -2.12. The number of carboxylic acids is 1. The number of carboxylic acid groups (broad SMARTS) is 1. The van der Waals surface area contributed by atoms with E-state index in [1.54, 1.807) is 13.1 Å². The van der Waals surface area contributed by atoms with Crippen molar-refractivity contribution in [2.24, 2.45) is 0 Å². The number of carbonyl (C=O) groups is 1. The highest BCUT2D eigenvalue weighted by Crippen LogP contribution is 2.21. The maximum atomic E-state index is 12.2. The van der Waals surface area contributed by atoms with Crippen molar-refractivity contribution in [3.63, 3.8) is 0 Å². The van der Waals surface area contributed by atoms with E-state index in [0.717, 1.165) is 0 Å². The summed E-state index contributed by atoms with van der Waals surface area (Å²) in [5, 5.41) is 15.5. The molecule has 0 bridgehead atoms. The van der Waals surface area contributed by atoms with Crippen LogP contribution in [0.3, 0.4) is 0 Å². The Labute approximate surface area is 157 Å². The Balaban J connectivity index is 2.03. The van der Waals surface area contributed by atoms with Crippen LogP contribution in [0.1, 0.15) is 16.1 Å². The molecule has 3 N–H and O–H groups in total. The molecule has 134 valence electrons. The molecule has 0 spiro atoms. The Hall–Kier alpha value is -2.84. The number of fused-ring (bicyclic) bond motifs is 1. The Kier molecular flexibility index (Phi) is 4.97. The summed E-state index contributed by atoms with van der Waals surface area (Å²) in [5.41, 5.74) is 0.801. The van der Waals surface area contributed by atoms with E-state index in [4.69, 9.17) is 23.2 Å². The van der Waals surface area contributed by atoms with E-state index in [1.165, 1.54) is 28.8 Å². The normalized spacial score (nSPS) is 10.7. The quantitative estimate of drug-likeness (QED) is 0.571. The number of aromatic nitrogens is 3. The van der Waals surface area contributed by atoms with E-state index < -0.39 is 5.97 Å². The van der Waals surface area contributed by atoms with Gasteiger partial charge in [-0.15, -0.1) is 0 Å². The van der Waals surface area contributed by atoms with E-state index in [0.29, 0.717) is 22.1 Å². The molecule has 3 heterocycles. The summed E-state index contributed by atoms with van der Waals surface area (Å²) < 4.78 is 1.33. The molecule has 0 amide bonds. The average molecular weight is 394 g/mol. The summed E-state index contributed by atoms with van der Waals surface area (Å²) in [4.78, 5) is 31.7. The minimum atomic E-state index is -1.21. The second-order valence-corrected chi connectivity index (χ2v) is 6.12. The van der Waals surface area contributed by atoms with Gasteiger partial charge in [0.2, 0.25) is 0 Å². The minimum absolute atomic E-state index is 0.0769. The van der Waals surface area contributed by atoms with Crippen LogP contribution in [0.2, 0.25) is 10.2 Å². The summed E-state index contributed by atoms with van der Waals surface area (Å²) in [6, 6.07) is 6.00. The van der Waals surface area contributed by atoms with Gasteiger partial charge in [0, 0.05) is 31.4 Å². The van der Waals surface area contributed by atoms with Crippen molar-refractivity contribution >= 4 is 46.3 Å². The van der Waals surface area contributed by atoms with Crippen molar-refractivity contribution in [1.82, 2.24) is 14.4 Å². The first-order chi connectivity index (χ1) is 12.4. The molecule has 3 aromatic rings. The summed E-state index contributed by atoms with van der Waals surface area (Å²) in [6.45, 7) is 0.174. The third-order valence-electron chi connectivity index (χ3n) is 3.59. The number of nitrogens with zero attached hydrogens (tertiary/aromatic N) is 3. The number of hydrogen-bond donors (Lipinski definition) is 3. The Morgan fingerprint density at radius 2 is 2.04 bits per heavy atom. The van der Waals surface area contributed by atoms with E-state index >= 15 is 0 Å². The van der Waals surface area contributed by atoms with Gasteiger partial charge in [-0.05, 0) is 18.2 Å². The van der Waals surface area contributed by atoms with Gasteiger partial charge in [-0.1, -0.05) is 23.2 Å². The van der Waals surface area contributed by atoms with Crippen molar-refractivity contribution in [1.29, 1.82) is 0 Å². The van der Waals surface area contributed by atoms with E-state index in [9.17, 15) is 14.7 Å². The third kappa shape index (κ3) is 3.56. The number of pyridine rings is 2. The number of rotatable bonds is 5. The van der Waals surface area contributed by atoms with Crippen LogP contribution < -0.4 is 16.2 Å². The van der Waals surface area contributed by atoms with Gasteiger partial charge in [-0.2, -0.15) is 0 Å². The summed E-state index contributed by atoms with van der Waals surface area (Å²) in [6.07, 6.45) is 1.47. The Bertz CT molecular complexity index is 1070. The van der Waals surface area contributed by atoms with Crippen LogP contribution in [0.4, 0.5) is 11.5 Å². The molecule has 0 saturated carbocycles. The summed E-state index contributed by atoms with van der Waals surface area (Å²) in [7, 11) is 1.66. The number of aromatic carboxylic acids is 1. The van der Waals surface area contributed by atoms with Crippen LogP contribution in [0.15, 0.2) is 35.3 Å². The summed E-state index contributed by atoms with van der Waals surface area (Å²) >= 11 is 11.9.